The number of fused-ring (bicyclic) bond motifs is 5. The molecule has 0 unspecified atom stereocenters. The van der Waals surface area contributed by atoms with E-state index < -0.39 is 14.5 Å². The molecule has 2 heterocycles. The fourth-order valence-corrected chi connectivity index (χ4v) is 29.4. The van der Waals surface area contributed by atoms with Gasteiger partial charge in [-0.1, -0.05) is 97.1 Å². The van der Waals surface area contributed by atoms with Crippen LogP contribution in [-0.2, 0) is 45.4 Å². The number of benzene rings is 15. The van der Waals surface area contributed by atoms with E-state index in [2.05, 4.69) is 358 Å². The van der Waals surface area contributed by atoms with E-state index in [1.165, 1.54) is 81.9 Å². The topological polar surface area (TPSA) is 74.8 Å². The van der Waals surface area contributed by atoms with E-state index in [1.54, 1.807) is 35.9 Å². The third kappa shape index (κ3) is 19.5. The predicted octanol–water partition coefficient (Wildman–Crippen LogP) is 18.4. The number of halogens is 2. The Morgan fingerprint density at radius 2 is 0.684 bits per heavy atom. The molecule has 0 radical (unpaired) electrons. The summed E-state index contributed by atoms with van der Waals surface area (Å²) in [5, 5.41) is 33.4. The van der Waals surface area contributed by atoms with Gasteiger partial charge in [-0.25, -0.2) is 20.2 Å². The van der Waals surface area contributed by atoms with Crippen LogP contribution >= 0.6 is 14.5 Å². The Labute approximate surface area is 830 Å². The average molecular weight is 2180 g/mol. The number of ether oxygens (including phenoxy) is 2. The van der Waals surface area contributed by atoms with Gasteiger partial charge in [0, 0.05) is 10.4 Å². The monoisotopic (exact) mass is 2180 g/mol. The normalized spacial score (nSPS) is 14.5. The molecule has 15 aromatic rings. The molecule has 0 amide bonds. The summed E-state index contributed by atoms with van der Waals surface area (Å²) in [7, 11) is -5.18. The minimum Gasteiger partial charge on any atom is -1.00 e. The van der Waals surface area contributed by atoms with E-state index in [0.717, 1.165) is 83.0 Å². The summed E-state index contributed by atoms with van der Waals surface area (Å²) in [6.45, 7) is 25.9. The molecule has 0 bridgehead atoms. The second-order valence-electron chi connectivity index (χ2n) is 31.8. The molecule has 6 nitrogen and oxygen atoms in total. The molecule has 0 spiro atoms. The van der Waals surface area contributed by atoms with E-state index >= 15 is 0 Å². The van der Waals surface area contributed by atoms with Crippen molar-refractivity contribution in [3.05, 3.63) is 522 Å². The van der Waals surface area contributed by atoms with Crippen LogP contribution in [0.5, 0.6) is 0 Å². The van der Waals surface area contributed by atoms with Crippen molar-refractivity contribution >= 4 is 103 Å². The molecule has 18 rings (SSSR count). The van der Waals surface area contributed by atoms with Crippen LogP contribution in [0.4, 0.5) is 0 Å². The van der Waals surface area contributed by atoms with Gasteiger partial charge in [-0.15, -0.1) is 0 Å². The second kappa shape index (κ2) is 45.0. The fourth-order valence-electron chi connectivity index (χ4n) is 18.1. The van der Waals surface area contributed by atoms with Crippen LogP contribution in [0.2, 0.25) is 0 Å². The van der Waals surface area contributed by atoms with Crippen molar-refractivity contribution in [3.63, 3.8) is 0 Å². The summed E-state index contributed by atoms with van der Waals surface area (Å²) in [5.41, 5.74) is 22.3. The van der Waals surface area contributed by atoms with Gasteiger partial charge in [0.25, 0.3) is 11.4 Å². The fraction of sp³-hybridized carbons (Fsp3) is 0.0645. The minimum atomic E-state index is -2.61. The Bertz CT molecular complexity index is 7720. The number of nitrogens with zero attached hydrogens (tertiary/aromatic N) is 4. The SMILES string of the molecule is C[C-]=C1COCC1=[C-]C(C#Cc1ccc2c(c1)C(=C(c1ccccc1)c1ccccc1)c1cc(/C=C/C)ccc1-2)=C([C]#[Os])[P+](c1ccccc1)(c1ccccc1)c1ccccc1.[C-]#[N+]/C(C#N)=c1\c2cc(-c3ccc(C#CC([C-]=C4COCC4=[C-]C)=C([C]#[Os])[P+](c4ccccc4)(c4ccccc4)c4ccccc4)cc3)ccc2/c(=C(/C#N)[N+]#[C-])c2cc(-c3ccc(/C=C/C)cc3)ccc12.[Cl-].[Cl-]. The van der Waals surface area contributed by atoms with Crippen molar-refractivity contribution in [2.45, 2.75) is 27.7 Å². The molecule has 656 valence electrons. The molecule has 2 fully saturated rings. The van der Waals surface area contributed by atoms with Crippen molar-refractivity contribution in [1.82, 2.24) is 0 Å². The Morgan fingerprint density at radius 1 is 0.360 bits per heavy atom. The first-order valence-electron chi connectivity index (χ1n) is 43.8. The zero-order chi connectivity index (χ0) is 92.3. The summed E-state index contributed by atoms with van der Waals surface area (Å²) < 4.78 is 19.5. The Balaban J connectivity index is 0.000000206. The van der Waals surface area contributed by atoms with E-state index in [0.29, 0.717) is 58.4 Å². The molecule has 2 saturated heterocycles. The molecule has 12 heteroatoms. The van der Waals surface area contributed by atoms with Gasteiger partial charge in [0.15, 0.2) is 0 Å². The third-order valence-corrected chi connectivity index (χ3v) is 34.9. The van der Waals surface area contributed by atoms with E-state index in [-0.39, 0.29) is 36.2 Å². The number of hydrogen-bond acceptors (Lipinski definition) is 4. The first-order valence-corrected chi connectivity index (χ1v) is 50.0. The molecule has 0 saturated carbocycles. The van der Waals surface area contributed by atoms with Crippen molar-refractivity contribution in [1.29, 1.82) is 10.5 Å². The number of nitriles is 2. The van der Waals surface area contributed by atoms with Gasteiger partial charge in [0.05, 0.1) is 25.3 Å². The van der Waals surface area contributed by atoms with E-state index in [4.69, 9.17) is 22.6 Å². The van der Waals surface area contributed by atoms with Crippen molar-refractivity contribution in [2.24, 2.45) is 0 Å². The zero-order valence-corrected chi connectivity index (χ0v) is 83.1. The quantitative estimate of drug-likeness (QED) is 0.0418. The van der Waals surface area contributed by atoms with Crippen molar-refractivity contribution in [3.8, 4) is 77.9 Å². The van der Waals surface area contributed by atoms with E-state index in [9.17, 15) is 10.5 Å². The maximum absolute atomic E-state index is 10.4. The van der Waals surface area contributed by atoms with Crippen LogP contribution in [0.3, 0.4) is 0 Å². The van der Waals surface area contributed by atoms with Crippen molar-refractivity contribution < 1.29 is 70.2 Å². The number of hydrogen-bond donors (Lipinski definition) is 0. The first kappa shape index (κ1) is 96.1. The Kier molecular flexibility index (Phi) is 31.8. The van der Waals surface area contributed by atoms with Crippen molar-refractivity contribution in [2.75, 3.05) is 26.4 Å². The van der Waals surface area contributed by atoms with Gasteiger partial charge in [0.1, 0.15) is 0 Å². The Hall–Kier alpha value is -14.5. The molecule has 2 aliphatic heterocycles. The summed E-state index contributed by atoms with van der Waals surface area (Å²) in [6, 6.07) is 132. The second-order valence-corrected chi connectivity index (χ2v) is 39.7. The van der Waals surface area contributed by atoms with Crippen LogP contribution in [-0.4, -0.2) is 26.4 Å². The molecular formula is C124H84Cl2N4O2Os2P2-4. The molecule has 0 N–H and O–H groups in total. The number of rotatable bonds is 16. The Morgan fingerprint density at radius 3 is 1.04 bits per heavy atom. The van der Waals surface area contributed by atoms with Crippen LogP contribution in [0.15, 0.2) is 420 Å². The van der Waals surface area contributed by atoms with Gasteiger partial charge >= 0.3 is 596 Å². The molecule has 0 atom stereocenters. The van der Waals surface area contributed by atoms with Crippen LogP contribution in [0.25, 0.3) is 99.3 Å². The maximum atomic E-state index is 10.4. The minimum absolute atomic E-state index is 0. The first-order chi connectivity index (χ1) is 66.0. The molecule has 136 heavy (non-hydrogen) atoms. The summed E-state index contributed by atoms with van der Waals surface area (Å²) in [5.74, 6) is 14.6. The molecule has 15 aromatic carbocycles. The summed E-state index contributed by atoms with van der Waals surface area (Å²) >= 11 is 3.46. The van der Waals surface area contributed by atoms with Gasteiger partial charge < -0.3 is 24.8 Å². The standard InChI is InChI=1S/C65H41N4OP.C59H43OP.2ClH.2Os/c1-6-17-46-24-29-49(30-25-46)52-34-36-58-60(39-52)64(62(41-66)68-4)59-37-35-53(40-61(59)65(58)63(42-67)69-5)50-31-26-47(27-32-50)28-33-51(38-54-44-70-43-48(54)7-2)45(3)71(55-18-11-8-12-19-55,56-20-13-9-14-21-56)57-22-15-10-16-23-57;1-4-21-44-33-36-54-55-37-34-45(39-57(55)59(56(54)38-44)58(47-22-11-6-12-23-47)48-24-13-7-14-25-48)32-35-49(40-50-42-60-41-46(50)5-2)43(3)61(51-26-15-8-16-27-51,52-28-17-9-18-29-52)53-30-19-10-20-31-53;;;;/h6,8-27,29-32,34-37,39-40H,43-44H2,1-2H3;4,6-31,33-34,36-39H,41-42H2,1-2H3;2*1H;;/q2*-1;;;;/p-2/b17-6+,51-45?,64-62+,65-63-;21-4+,49-43?;;;;. The van der Waals surface area contributed by atoms with Gasteiger partial charge in [-0.2, -0.15) is 0 Å². The van der Waals surface area contributed by atoms with Crippen LogP contribution in [0, 0.1) is 92.5 Å². The zero-order valence-electron chi connectivity index (χ0n) is 74.7. The number of allylic oxidation sites excluding steroid dienone is 10. The predicted molar refractivity (Wildman–Crippen MR) is 548 cm³/mol. The van der Waals surface area contributed by atoms with Gasteiger partial charge in [-0.05, 0) is 52.8 Å². The van der Waals surface area contributed by atoms with Gasteiger partial charge in [0.2, 0.25) is 0 Å². The average Bonchev–Trinajstić information content (AvgIpc) is 0.912. The summed E-state index contributed by atoms with van der Waals surface area (Å²) in [6.07, 6.45) is 22.6. The van der Waals surface area contributed by atoms with E-state index in [1.807, 2.05) is 136 Å². The van der Waals surface area contributed by atoms with Crippen LogP contribution < -0.4 is 67.1 Å². The molecule has 3 aliphatic rings. The summed E-state index contributed by atoms with van der Waals surface area (Å²) in [4.78, 5) is 7.39. The smallest absolute Gasteiger partial charge is 1.00 e. The third-order valence-electron chi connectivity index (χ3n) is 24.2. The molecule has 0 aromatic heterocycles. The molecular weight excluding hydrogens is 2090 g/mol. The van der Waals surface area contributed by atoms with Gasteiger partial charge in [-0.3, -0.25) is 0 Å². The molecule has 1 aliphatic carbocycles. The van der Waals surface area contributed by atoms with Crippen LogP contribution in [0.1, 0.15) is 72.2 Å².